The van der Waals surface area contributed by atoms with E-state index in [9.17, 15) is 13.6 Å². The van der Waals surface area contributed by atoms with Gasteiger partial charge in [-0.2, -0.15) is 0 Å². The van der Waals surface area contributed by atoms with Gasteiger partial charge in [-0.05, 0) is 0 Å². The van der Waals surface area contributed by atoms with Crippen LogP contribution < -0.4 is 4.72 Å². The summed E-state index contributed by atoms with van der Waals surface area (Å²) in [7, 11) is 1.07. The number of ether oxygens (including phenoxy) is 1. The van der Waals surface area contributed by atoms with Gasteiger partial charge in [0.05, 0.1) is 7.11 Å². The lowest BCUT2D eigenvalue weighted by atomic mass is 11.2. The molecule has 0 saturated heterocycles. The summed E-state index contributed by atoms with van der Waals surface area (Å²) in [6.07, 6.45) is -0.988. The van der Waals surface area contributed by atoms with Crippen molar-refractivity contribution >= 4 is 17.4 Å². The van der Waals surface area contributed by atoms with Crippen molar-refractivity contribution in [2.24, 2.45) is 0 Å². The molecule has 0 spiro atoms. The fraction of sp³-hybridized carbons (Fsp3) is 0.500. The minimum absolute atomic E-state index is 0.988. The monoisotopic (exact) mass is 138 g/mol. The van der Waals surface area contributed by atoms with E-state index in [1.807, 2.05) is 0 Å². The summed E-state index contributed by atoms with van der Waals surface area (Å²) in [5.74, 6) is 0. The normalized spacial score (nSPS) is 12.2. The van der Waals surface area contributed by atoms with Crippen LogP contribution in [0.5, 0.6) is 0 Å². The number of methoxy groups -OCH3 is 1. The minimum Gasteiger partial charge on any atom is -0.755 e. The van der Waals surface area contributed by atoms with Gasteiger partial charge in [-0.15, -0.1) is 0 Å². The van der Waals surface area contributed by atoms with E-state index in [1.165, 1.54) is 4.72 Å². The third-order valence-electron chi connectivity index (χ3n) is 0.352. The maximum absolute atomic E-state index is 9.90. The molecule has 5 nitrogen and oxygen atoms in total. The maximum atomic E-state index is 9.90. The highest BCUT2D eigenvalue weighted by Crippen LogP contribution is 1.69. The van der Waals surface area contributed by atoms with Crippen LogP contribution in [-0.2, 0) is 16.0 Å². The molecule has 8 heavy (non-hydrogen) atoms. The summed E-state index contributed by atoms with van der Waals surface area (Å²) in [6, 6.07) is 0. The molecule has 0 aliphatic rings. The van der Waals surface area contributed by atoms with Gasteiger partial charge in [0, 0.05) is 11.3 Å². The van der Waals surface area contributed by atoms with Crippen LogP contribution in [0.2, 0.25) is 0 Å². The highest BCUT2D eigenvalue weighted by molar-refractivity contribution is 7.77. The van der Waals surface area contributed by atoms with Crippen molar-refractivity contribution in [3.63, 3.8) is 0 Å². The second-order valence-electron chi connectivity index (χ2n) is 0.828. The standard InChI is InChI=1S/C2H5NO4S/c1-7-2(4)3-8(5)6/h1H3,(H,3,4)(H,5,6)/p-1. The molecule has 1 amide bonds. The molecule has 48 valence electrons. The molecule has 0 aromatic carbocycles. The van der Waals surface area contributed by atoms with Gasteiger partial charge in [0.25, 0.3) is 0 Å². The Hall–Kier alpha value is -0.620. The predicted octanol–water partition coefficient (Wildman–Crippen LogP) is -0.863. The molecule has 0 aliphatic heterocycles. The highest BCUT2D eigenvalue weighted by atomic mass is 32.2. The van der Waals surface area contributed by atoms with E-state index in [4.69, 9.17) is 0 Å². The van der Waals surface area contributed by atoms with E-state index in [2.05, 4.69) is 4.74 Å². The smallest absolute Gasteiger partial charge is 0.417 e. The Morgan fingerprint density at radius 2 is 2.38 bits per heavy atom. The Morgan fingerprint density at radius 3 is 2.50 bits per heavy atom. The molecule has 0 aromatic rings. The molecule has 0 aliphatic carbocycles. The van der Waals surface area contributed by atoms with Crippen LogP contribution in [0.15, 0.2) is 0 Å². The molecule has 0 aromatic heterocycles. The van der Waals surface area contributed by atoms with Crippen LogP contribution >= 0.6 is 0 Å². The fourth-order valence-electron chi connectivity index (χ4n) is 0.110. The molecule has 1 atom stereocenters. The van der Waals surface area contributed by atoms with E-state index in [0.717, 1.165) is 7.11 Å². The predicted molar refractivity (Wildman–Crippen MR) is 24.5 cm³/mol. The Bertz CT molecular complexity index is 113. The summed E-state index contributed by atoms with van der Waals surface area (Å²) in [5.41, 5.74) is 0. The largest absolute Gasteiger partial charge is 0.755 e. The lowest BCUT2D eigenvalue weighted by Crippen LogP contribution is -2.24. The molecule has 1 unspecified atom stereocenters. The molecule has 0 radical (unpaired) electrons. The van der Waals surface area contributed by atoms with Gasteiger partial charge in [-0.1, -0.05) is 0 Å². The Kier molecular flexibility index (Phi) is 3.13. The lowest BCUT2D eigenvalue weighted by Gasteiger charge is -2.03. The molecule has 0 saturated carbocycles. The average Bonchev–Trinajstić information content (AvgIpc) is 1.65. The van der Waals surface area contributed by atoms with Gasteiger partial charge >= 0.3 is 6.09 Å². The number of carbonyl (C=O) groups is 1. The van der Waals surface area contributed by atoms with E-state index in [-0.39, 0.29) is 0 Å². The van der Waals surface area contributed by atoms with Crippen molar-refractivity contribution in [1.82, 2.24) is 4.72 Å². The second kappa shape index (κ2) is 3.39. The van der Waals surface area contributed by atoms with E-state index in [1.54, 1.807) is 0 Å². The topological polar surface area (TPSA) is 78.5 Å². The number of nitrogens with one attached hydrogen (secondary N) is 1. The van der Waals surface area contributed by atoms with Crippen LogP contribution in [0.3, 0.4) is 0 Å². The quantitative estimate of drug-likeness (QED) is 0.478. The second-order valence-corrected chi connectivity index (χ2v) is 1.50. The van der Waals surface area contributed by atoms with Gasteiger partial charge in [0.2, 0.25) is 0 Å². The maximum Gasteiger partial charge on any atom is 0.417 e. The first-order valence-corrected chi connectivity index (χ1v) is 2.68. The van der Waals surface area contributed by atoms with Crippen molar-refractivity contribution in [3.05, 3.63) is 0 Å². The van der Waals surface area contributed by atoms with Crippen molar-refractivity contribution < 1.29 is 18.3 Å². The van der Waals surface area contributed by atoms with Crippen LogP contribution in [0.4, 0.5) is 4.79 Å². The third-order valence-corrected chi connectivity index (χ3v) is 0.685. The average molecular weight is 138 g/mol. The van der Waals surface area contributed by atoms with Crippen molar-refractivity contribution in [3.8, 4) is 0 Å². The zero-order chi connectivity index (χ0) is 6.57. The van der Waals surface area contributed by atoms with Crippen molar-refractivity contribution in [1.29, 1.82) is 0 Å². The van der Waals surface area contributed by atoms with Gasteiger partial charge in [-0.3, -0.25) is 8.93 Å². The van der Waals surface area contributed by atoms with E-state index < -0.39 is 17.4 Å². The zero-order valence-corrected chi connectivity index (χ0v) is 4.86. The summed E-state index contributed by atoms with van der Waals surface area (Å²) < 4.78 is 24.5. The Balaban J connectivity index is 3.40. The summed E-state index contributed by atoms with van der Waals surface area (Å²) >= 11 is -2.57. The van der Waals surface area contributed by atoms with Crippen LogP contribution in [0.1, 0.15) is 0 Å². The third kappa shape index (κ3) is 3.57. The first kappa shape index (κ1) is 7.38. The molecule has 6 heteroatoms. The number of rotatable bonds is 1. The highest BCUT2D eigenvalue weighted by Gasteiger charge is 1.92. The molecule has 1 N–H and O–H groups in total. The lowest BCUT2D eigenvalue weighted by molar-refractivity contribution is 0.177. The Labute approximate surface area is 48.4 Å². The SMILES string of the molecule is COC(=O)NS(=O)[O-]. The van der Waals surface area contributed by atoms with Crippen molar-refractivity contribution in [2.75, 3.05) is 7.11 Å². The van der Waals surface area contributed by atoms with Crippen LogP contribution in [0, 0.1) is 0 Å². The van der Waals surface area contributed by atoms with Crippen molar-refractivity contribution in [2.45, 2.75) is 0 Å². The summed E-state index contributed by atoms with van der Waals surface area (Å²) in [5, 5.41) is 0. The fourth-order valence-corrected chi connectivity index (χ4v) is 0.329. The van der Waals surface area contributed by atoms with E-state index >= 15 is 0 Å². The van der Waals surface area contributed by atoms with Gasteiger partial charge in [0.1, 0.15) is 0 Å². The first-order valence-electron chi connectivity index (χ1n) is 1.60. The van der Waals surface area contributed by atoms with Gasteiger partial charge in [-0.25, -0.2) is 4.79 Å². The molecule has 0 fully saturated rings. The van der Waals surface area contributed by atoms with Crippen LogP contribution in [0.25, 0.3) is 0 Å². The summed E-state index contributed by atoms with van der Waals surface area (Å²) in [4.78, 5) is 9.90. The summed E-state index contributed by atoms with van der Waals surface area (Å²) in [6.45, 7) is 0. The molecule has 0 rings (SSSR count). The molecule has 0 bridgehead atoms. The number of carbonyl (C=O) groups excluding carboxylic acids is 1. The van der Waals surface area contributed by atoms with Crippen LogP contribution in [-0.4, -0.2) is 22.0 Å². The molecular weight excluding hydrogens is 134 g/mol. The number of hydrogen-bond acceptors (Lipinski definition) is 4. The number of hydrogen-bond donors (Lipinski definition) is 1. The Morgan fingerprint density at radius 1 is 1.88 bits per heavy atom. The van der Waals surface area contributed by atoms with Gasteiger partial charge in [0.15, 0.2) is 0 Å². The number of amides is 1. The first-order chi connectivity index (χ1) is 3.66. The minimum atomic E-state index is -2.57. The van der Waals surface area contributed by atoms with E-state index in [0.29, 0.717) is 0 Å². The molecule has 0 heterocycles. The zero-order valence-electron chi connectivity index (χ0n) is 4.04. The molecular formula is C2H4NO4S-. The van der Waals surface area contributed by atoms with Gasteiger partial charge < -0.3 is 9.29 Å².